The molecule has 0 aliphatic carbocycles. The maximum absolute atomic E-state index is 13.0. The largest absolute Gasteiger partial charge is 0.444 e. The topological polar surface area (TPSA) is 76.7 Å². The van der Waals surface area contributed by atoms with Crippen LogP contribution < -0.4 is 5.32 Å². The van der Waals surface area contributed by atoms with Gasteiger partial charge in [-0.3, -0.25) is 0 Å². The fourth-order valence-electron chi connectivity index (χ4n) is 2.46. The van der Waals surface area contributed by atoms with E-state index in [1.54, 1.807) is 18.4 Å². The number of halogens is 1. The lowest BCUT2D eigenvalue weighted by molar-refractivity contribution is 0.572. The SMILES string of the molecule is CCc1nnc(NCCc2coc(-c3ccc(F)cc3)n2)nc1CC. The van der Waals surface area contributed by atoms with Crippen LogP contribution >= 0.6 is 0 Å². The Morgan fingerprint density at radius 3 is 2.48 bits per heavy atom. The van der Waals surface area contributed by atoms with E-state index in [-0.39, 0.29) is 5.82 Å². The van der Waals surface area contributed by atoms with E-state index in [1.807, 2.05) is 6.92 Å². The quantitative estimate of drug-likeness (QED) is 0.709. The van der Waals surface area contributed by atoms with Crippen LogP contribution in [0, 0.1) is 5.82 Å². The van der Waals surface area contributed by atoms with Gasteiger partial charge in [0.25, 0.3) is 0 Å². The van der Waals surface area contributed by atoms with Crippen LogP contribution in [-0.4, -0.2) is 26.7 Å². The third kappa shape index (κ3) is 4.17. The second-order valence-electron chi connectivity index (χ2n) is 5.56. The zero-order valence-corrected chi connectivity index (χ0v) is 14.3. The Labute approximate surface area is 145 Å². The molecule has 0 aliphatic heterocycles. The van der Waals surface area contributed by atoms with E-state index in [1.165, 1.54) is 12.1 Å². The molecule has 25 heavy (non-hydrogen) atoms. The van der Waals surface area contributed by atoms with E-state index in [2.05, 4.69) is 32.4 Å². The third-order valence-corrected chi connectivity index (χ3v) is 3.82. The van der Waals surface area contributed by atoms with Gasteiger partial charge in [0.1, 0.15) is 12.1 Å². The number of benzene rings is 1. The third-order valence-electron chi connectivity index (χ3n) is 3.82. The molecule has 7 heteroatoms. The molecule has 0 atom stereocenters. The fourth-order valence-corrected chi connectivity index (χ4v) is 2.46. The minimum atomic E-state index is -0.283. The summed E-state index contributed by atoms with van der Waals surface area (Å²) in [4.78, 5) is 8.91. The van der Waals surface area contributed by atoms with E-state index >= 15 is 0 Å². The highest BCUT2D eigenvalue weighted by molar-refractivity contribution is 5.52. The number of rotatable bonds is 7. The van der Waals surface area contributed by atoms with E-state index in [4.69, 9.17) is 4.42 Å². The second kappa shape index (κ2) is 7.83. The molecule has 0 aliphatic rings. The van der Waals surface area contributed by atoms with Crippen molar-refractivity contribution in [1.29, 1.82) is 0 Å². The van der Waals surface area contributed by atoms with E-state index in [0.717, 1.165) is 35.5 Å². The number of hydrogen-bond donors (Lipinski definition) is 1. The van der Waals surface area contributed by atoms with Crippen molar-refractivity contribution in [2.45, 2.75) is 33.1 Å². The van der Waals surface area contributed by atoms with Gasteiger partial charge in [-0.15, -0.1) is 5.10 Å². The van der Waals surface area contributed by atoms with Gasteiger partial charge in [-0.2, -0.15) is 5.10 Å². The summed E-state index contributed by atoms with van der Waals surface area (Å²) in [5.41, 5.74) is 3.46. The molecule has 130 valence electrons. The first-order valence-corrected chi connectivity index (χ1v) is 8.36. The lowest BCUT2D eigenvalue weighted by atomic mass is 10.2. The number of nitrogens with one attached hydrogen (secondary N) is 1. The molecule has 0 saturated heterocycles. The summed E-state index contributed by atoms with van der Waals surface area (Å²) in [6.45, 7) is 4.71. The summed E-state index contributed by atoms with van der Waals surface area (Å²) in [7, 11) is 0. The Bertz CT molecular complexity index is 832. The van der Waals surface area contributed by atoms with Gasteiger partial charge in [0, 0.05) is 18.5 Å². The average Bonchev–Trinajstić information content (AvgIpc) is 3.11. The first kappa shape index (κ1) is 17.0. The lowest BCUT2D eigenvalue weighted by Crippen LogP contribution is -2.12. The Hall–Kier alpha value is -2.83. The summed E-state index contributed by atoms with van der Waals surface area (Å²) < 4.78 is 18.4. The molecule has 0 unspecified atom stereocenters. The smallest absolute Gasteiger partial charge is 0.242 e. The zero-order valence-electron chi connectivity index (χ0n) is 14.3. The van der Waals surface area contributed by atoms with Crippen molar-refractivity contribution in [3.63, 3.8) is 0 Å². The molecule has 0 radical (unpaired) electrons. The van der Waals surface area contributed by atoms with Crippen LogP contribution in [-0.2, 0) is 19.3 Å². The predicted octanol–water partition coefficient (Wildman–Crippen LogP) is 3.45. The summed E-state index contributed by atoms with van der Waals surface area (Å²) in [5, 5.41) is 11.5. The Morgan fingerprint density at radius 2 is 1.76 bits per heavy atom. The minimum Gasteiger partial charge on any atom is -0.444 e. The molecule has 3 rings (SSSR count). The molecule has 1 aromatic carbocycles. The fraction of sp³-hybridized carbons (Fsp3) is 0.333. The highest BCUT2D eigenvalue weighted by Crippen LogP contribution is 2.19. The number of aryl methyl sites for hydroxylation is 2. The molecule has 0 fully saturated rings. The molecule has 1 N–H and O–H groups in total. The van der Waals surface area contributed by atoms with Crippen molar-refractivity contribution < 1.29 is 8.81 Å². The van der Waals surface area contributed by atoms with Crippen LogP contribution in [0.1, 0.15) is 30.9 Å². The van der Waals surface area contributed by atoms with Crippen molar-refractivity contribution in [3.05, 3.63) is 53.4 Å². The van der Waals surface area contributed by atoms with Crippen molar-refractivity contribution >= 4 is 5.95 Å². The van der Waals surface area contributed by atoms with Gasteiger partial charge in [0.2, 0.25) is 11.8 Å². The van der Waals surface area contributed by atoms with Crippen molar-refractivity contribution in [2.75, 3.05) is 11.9 Å². The molecule has 0 spiro atoms. The molecule has 2 aromatic heterocycles. The molecular formula is C18H20FN5O. The molecule has 2 heterocycles. The Morgan fingerprint density at radius 1 is 1.00 bits per heavy atom. The molecule has 0 amide bonds. The molecule has 0 saturated carbocycles. The number of anilines is 1. The summed E-state index contributed by atoms with van der Waals surface area (Å²) in [6.07, 6.45) is 3.93. The standard InChI is InChI=1S/C18H20FN5O/c1-3-15-16(4-2)23-24-18(22-15)20-10-9-14-11-25-17(21-14)12-5-7-13(19)8-6-12/h5-8,11H,3-4,9-10H2,1-2H3,(H,20,22,24). The highest BCUT2D eigenvalue weighted by atomic mass is 19.1. The van der Waals surface area contributed by atoms with Crippen LogP contribution in [0.3, 0.4) is 0 Å². The van der Waals surface area contributed by atoms with Gasteiger partial charge in [0.05, 0.1) is 17.1 Å². The van der Waals surface area contributed by atoms with Crippen LogP contribution in [0.25, 0.3) is 11.5 Å². The number of aromatic nitrogens is 4. The first-order valence-electron chi connectivity index (χ1n) is 8.36. The molecule has 0 bridgehead atoms. The normalized spacial score (nSPS) is 10.8. The Kier molecular flexibility index (Phi) is 5.33. The Balaban J connectivity index is 1.58. The van der Waals surface area contributed by atoms with Crippen molar-refractivity contribution in [1.82, 2.24) is 20.2 Å². The van der Waals surface area contributed by atoms with Gasteiger partial charge in [0.15, 0.2) is 0 Å². The maximum atomic E-state index is 13.0. The molecule has 6 nitrogen and oxygen atoms in total. The average molecular weight is 341 g/mol. The van der Waals surface area contributed by atoms with Crippen molar-refractivity contribution in [2.24, 2.45) is 0 Å². The van der Waals surface area contributed by atoms with Gasteiger partial charge >= 0.3 is 0 Å². The number of oxazole rings is 1. The predicted molar refractivity (Wildman–Crippen MR) is 92.7 cm³/mol. The van der Waals surface area contributed by atoms with Crippen LogP contribution in [0.4, 0.5) is 10.3 Å². The van der Waals surface area contributed by atoms with E-state index < -0.39 is 0 Å². The zero-order chi connectivity index (χ0) is 17.6. The summed E-state index contributed by atoms with van der Waals surface area (Å²) in [6, 6.07) is 6.06. The monoisotopic (exact) mass is 341 g/mol. The van der Waals surface area contributed by atoms with E-state index in [0.29, 0.717) is 24.8 Å². The lowest BCUT2D eigenvalue weighted by Gasteiger charge is -2.06. The summed E-state index contributed by atoms with van der Waals surface area (Å²) in [5.74, 6) is 0.721. The van der Waals surface area contributed by atoms with Crippen LogP contribution in [0.15, 0.2) is 34.9 Å². The van der Waals surface area contributed by atoms with Gasteiger partial charge < -0.3 is 9.73 Å². The first-order chi connectivity index (χ1) is 12.2. The van der Waals surface area contributed by atoms with E-state index in [9.17, 15) is 4.39 Å². The molecular weight excluding hydrogens is 321 g/mol. The number of hydrogen-bond acceptors (Lipinski definition) is 6. The second-order valence-corrected chi connectivity index (χ2v) is 5.56. The van der Waals surface area contributed by atoms with Crippen LogP contribution in [0.5, 0.6) is 0 Å². The van der Waals surface area contributed by atoms with Gasteiger partial charge in [-0.1, -0.05) is 13.8 Å². The van der Waals surface area contributed by atoms with Crippen molar-refractivity contribution in [3.8, 4) is 11.5 Å². The number of nitrogens with zero attached hydrogens (tertiary/aromatic N) is 4. The van der Waals surface area contributed by atoms with Gasteiger partial charge in [-0.25, -0.2) is 14.4 Å². The highest BCUT2D eigenvalue weighted by Gasteiger charge is 2.08. The summed E-state index contributed by atoms with van der Waals surface area (Å²) >= 11 is 0. The van der Waals surface area contributed by atoms with Gasteiger partial charge in [-0.05, 0) is 37.1 Å². The maximum Gasteiger partial charge on any atom is 0.242 e. The minimum absolute atomic E-state index is 0.283. The van der Waals surface area contributed by atoms with Crippen LogP contribution in [0.2, 0.25) is 0 Å². The molecule has 3 aromatic rings.